The summed E-state index contributed by atoms with van der Waals surface area (Å²) in [5.41, 5.74) is 1.01. The molecule has 1 heterocycles. The summed E-state index contributed by atoms with van der Waals surface area (Å²) in [5.74, 6) is 2.08. The largest absolute Gasteiger partial charge is 0.493 e. The fourth-order valence-electron chi connectivity index (χ4n) is 3.06. The van der Waals surface area contributed by atoms with Gasteiger partial charge in [0.25, 0.3) is 0 Å². The molecule has 0 bridgehead atoms. The Bertz CT molecular complexity index is 954. The number of ether oxygens (including phenoxy) is 2. The molecule has 0 radical (unpaired) electrons. The number of nitrogens with one attached hydrogen (secondary N) is 2. The van der Waals surface area contributed by atoms with Crippen LogP contribution in [0.5, 0.6) is 11.5 Å². The van der Waals surface area contributed by atoms with Gasteiger partial charge in [-0.1, -0.05) is 24.3 Å². The molecule has 3 rings (SSSR count). The maximum atomic E-state index is 10.6. The zero-order chi connectivity index (χ0) is 21.3. The summed E-state index contributed by atoms with van der Waals surface area (Å²) in [6.45, 7) is 6.14. The molecule has 1 atom stereocenters. The van der Waals surface area contributed by atoms with Crippen LogP contribution in [0.15, 0.2) is 53.5 Å². The van der Waals surface area contributed by atoms with Crippen molar-refractivity contribution in [3.05, 3.63) is 59.0 Å². The second-order valence-corrected chi connectivity index (χ2v) is 7.81. The summed E-state index contributed by atoms with van der Waals surface area (Å²) in [4.78, 5) is 5.57. The van der Waals surface area contributed by atoms with E-state index in [2.05, 4.69) is 27.8 Å². The van der Waals surface area contributed by atoms with Crippen molar-refractivity contribution < 1.29 is 14.6 Å². The van der Waals surface area contributed by atoms with Gasteiger partial charge in [0.1, 0.15) is 6.10 Å². The standard InChI is InChI=1S/C23H29N3O3S/c1-4-24-23(25-14-16-10-11-19(29-5-2)20(12-16)28-3)26-15-18(27)22-13-17-8-6-7-9-21(17)30-22/h6-13,18,27H,4-5,14-15H2,1-3H3,(H2,24,25,26). The Hall–Kier alpha value is -2.77. The summed E-state index contributed by atoms with van der Waals surface area (Å²) in [7, 11) is 1.63. The van der Waals surface area contributed by atoms with Crippen molar-refractivity contribution in [2.75, 3.05) is 26.8 Å². The van der Waals surface area contributed by atoms with E-state index in [4.69, 9.17) is 9.47 Å². The molecule has 1 aromatic heterocycles. The summed E-state index contributed by atoms with van der Waals surface area (Å²) in [6.07, 6.45) is -0.600. The number of methoxy groups -OCH3 is 1. The van der Waals surface area contributed by atoms with E-state index < -0.39 is 6.10 Å². The number of thiophene rings is 1. The van der Waals surface area contributed by atoms with Crippen LogP contribution in [0.25, 0.3) is 10.1 Å². The highest BCUT2D eigenvalue weighted by Crippen LogP contribution is 2.30. The topological polar surface area (TPSA) is 75.1 Å². The number of aliphatic hydroxyl groups is 1. The van der Waals surface area contributed by atoms with Crippen LogP contribution in [0, 0.1) is 0 Å². The van der Waals surface area contributed by atoms with Gasteiger partial charge in [-0.2, -0.15) is 0 Å². The molecule has 6 nitrogen and oxygen atoms in total. The molecule has 0 amide bonds. The lowest BCUT2D eigenvalue weighted by molar-refractivity contribution is 0.184. The van der Waals surface area contributed by atoms with Crippen LogP contribution in [-0.4, -0.2) is 37.9 Å². The number of aliphatic hydroxyl groups excluding tert-OH is 1. The van der Waals surface area contributed by atoms with Gasteiger partial charge in [0, 0.05) is 22.7 Å². The van der Waals surface area contributed by atoms with E-state index in [9.17, 15) is 5.11 Å². The first-order valence-corrected chi connectivity index (χ1v) is 10.9. The summed E-state index contributed by atoms with van der Waals surface area (Å²) in [5, 5.41) is 18.2. The van der Waals surface area contributed by atoms with Crippen LogP contribution < -0.4 is 20.1 Å². The van der Waals surface area contributed by atoms with E-state index in [1.807, 2.05) is 50.2 Å². The Morgan fingerprint density at radius 2 is 1.93 bits per heavy atom. The van der Waals surface area contributed by atoms with E-state index in [1.165, 1.54) is 4.70 Å². The number of aliphatic imine (C=N–C) groups is 1. The molecule has 0 saturated carbocycles. The number of nitrogens with zero attached hydrogens (tertiary/aromatic N) is 1. The lowest BCUT2D eigenvalue weighted by Crippen LogP contribution is -2.39. The summed E-state index contributed by atoms with van der Waals surface area (Å²) < 4.78 is 12.1. The number of fused-ring (bicyclic) bond motifs is 1. The highest BCUT2D eigenvalue weighted by molar-refractivity contribution is 7.19. The zero-order valence-electron chi connectivity index (χ0n) is 17.6. The number of hydrogen-bond acceptors (Lipinski definition) is 5. The van der Waals surface area contributed by atoms with E-state index >= 15 is 0 Å². The van der Waals surface area contributed by atoms with Crippen LogP contribution >= 0.6 is 11.3 Å². The number of rotatable bonds is 9. The zero-order valence-corrected chi connectivity index (χ0v) is 18.5. The summed E-state index contributed by atoms with van der Waals surface area (Å²) >= 11 is 1.61. The molecule has 30 heavy (non-hydrogen) atoms. The van der Waals surface area contributed by atoms with Crippen LogP contribution in [0.2, 0.25) is 0 Å². The molecule has 0 fully saturated rings. The van der Waals surface area contributed by atoms with Crippen molar-refractivity contribution in [2.45, 2.75) is 26.5 Å². The molecule has 160 valence electrons. The first-order valence-electron chi connectivity index (χ1n) is 10.1. The fourth-order valence-corrected chi connectivity index (χ4v) is 4.11. The summed E-state index contributed by atoms with van der Waals surface area (Å²) in [6, 6.07) is 16.0. The van der Waals surface area contributed by atoms with Gasteiger partial charge in [-0.05, 0) is 49.1 Å². The molecule has 3 N–H and O–H groups in total. The molecule has 0 saturated heterocycles. The van der Waals surface area contributed by atoms with Crippen molar-refractivity contribution in [1.29, 1.82) is 0 Å². The predicted molar refractivity (Wildman–Crippen MR) is 124 cm³/mol. The van der Waals surface area contributed by atoms with Crippen LogP contribution in [0.1, 0.15) is 30.4 Å². The monoisotopic (exact) mass is 427 g/mol. The third-order valence-electron chi connectivity index (χ3n) is 4.53. The molecule has 0 aliphatic rings. The molecule has 2 aromatic carbocycles. The molecular formula is C23H29N3O3S. The van der Waals surface area contributed by atoms with Gasteiger partial charge in [-0.25, -0.2) is 4.99 Å². The van der Waals surface area contributed by atoms with Crippen molar-refractivity contribution >= 4 is 27.4 Å². The smallest absolute Gasteiger partial charge is 0.191 e. The van der Waals surface area contributed by atoms with E-state index in [-0.39, 0.29) is 0 Å². The highest BCUT2D eigenvalue weighted by Gasteiger charge is 2.12. The average Bonchev–Trinajstić information content (AvgIpc) is 3.21. The second-order valence-electron chi connectivity index (χ2n) is 6.70. The van der Waals surface area contributed by atoms with Gasteiger partial charge < -0.3 is 25.2 Å². The third-order valence-corrected chi connectivity index (χ3v) is 5.75. The van der Waals surface area contributed by atoms with Gasteiger partial charge in [0.2, 0.25) is 0 Å². The van der Waals surface area contributed by atoms with Crippen LogP contribution in [0.4, 0.5) is 0 Å². The number of hydrogen-bond donors (Lipinski definition) is 3. The van der Waals surface area contributed by atoms with Gasteiger partial charge in [0.15, 0.2) is 17.5 Å². The van der Waals surface area contributed by atoms with E-state index in [0.717, 1.165) is 28.1 Å². The van der Waals surface area contributed by atoms with E-state index in [1.54, 1.807) is 18.4 Å². The Kier molecular flexibility index (Phi) is 7.93. The Balaban J connectivity index is 1.64. The Morgan fingerprint density at radius 1 is 1.10 bits per heavy atom. The lowest BCUT2D eigenvalue weighted by Gasteiger charge is -2.15. The van der Waals surface area contributed by atoms with Crippen molar-refractivity contribution in [3.8, 4) is 11.5 Å². The maximum Gasteiger partial charge on any atom is 0.191 e. The Labute approximate surface area is 181 Å². The normalized spacial score (nSPS) is 12.6. The molecule has 0 aliphatic heterocycles. The number of guanidine groups is 1. The minimum Gasteiger partial charge on any atom is -0.493 e. The van der Waals surface area contributed by atoms with Gasteiger partial charge in [0.05, 0.1) is 20.3 Å². The lowest BCUT2D eigenvalue weighted by atomic mass is 10.2. The molecule has 7 heteroatoms. The average molecular weight is 428 g/mol. The quantitative estimate of drug-likeness (QED) is 0.354. The SMILES string of the molecule is CCNC(=NCc1ccc(OCC)c(OC)c1)NCC(O)c1cc2ccccc2s1. The first-order chi connectivity index (χ1) is 14.6. The van der Waals surface area contributed by atoms with Crippen molar-refractivity contribution in [2.24, 2.45) is 4.99 Å². The van der Waals surface area contributed by atoms with Crippen LogP contribution in [0.3, 0.4) is 0 Å². The van der Waals surface area contributed by atoms with Gasteiger partial charge in [-0.3, -0.25) is 0 Å². The Morgan fingerprint density at radius 3 is 2.67 bits per heavy atom. The second kappa shape index (κ2) is 10.8. The van der Waals surface area contributed by atoms with Gasteiger partial charge >= 0.3 is 0 Å². The molecule has 1 unspecified atom stereocenters. The molecule has 0 spiro atoms. The highest BCUT2D eigenvalue weighted by atomic mass is 32.1. The maximum absolute atomic E-state index is 10.6. The third kappa shape index (κ3) is 5.64. The first kappa shape index (κ1) is 21.9. The minimum atomic E-state index is -0.600. The predicted octanol–water partition coefficient (Wildman–Crippen LogP) is 4.10. The van der Waals surface area contributed by atoms with Crippen molar-refractivity contribution in [1.82, 2.24) is 10.6 Å². The fraction of sp³-hybridized carbons (Fsp3) is 0.348. The molecule has 0 aliphatic carbocycles. The minimum absolute atomic E-state index is 0.380. The van der Waals surface area contributed by atoms with Crippen molar-refractivity contribution in [3.63, 3.8) is 0 Å². The number of benzene rings is 2. The van der Waals surface area contributed by atoms with E-state index in [0.29, 0.717) is 31.4 Å². The van der Waals surface area contributed by atoms with Crippen LogP contribution in [-0.2, 0) is 6.54 Å². The molecule has 3 aromatic rings. The molecular weight excluding hydrogens is 398 g/mol. The van der Waals surface area contributed by atoms with Gasteiger partial charge in [-0.15, -0.1) is 11.3 Å².